The van der Waals surface area contributed by atoms with Crippen LogP contribution in [-0.4, -0.2) is 20.6 Å². The molecule has 84 valence electrons. The van der Waals surface area contributed by atoms with E-state index in [1.165, 1.54) is 0 Å². The molecule has 0 saturated heterocycles. The monoisotopic (exact) mass is 300 g/mol. The first kappa shape index (κ1) is 11.3. The Morgan fingerprint density at radius 2 is 2.44 bits per heavy atom. The van der Waals surface area contributed by atoms with Crippen LogP contribution in [0, 0.1) is 0 Å². The normalized spacial score (nSPS) is 10.6. The Hall–Kier alpha value is -1.14. The van der Waals surface area contributed by atoms with Gasteiger partial charge in [0, 0.05) is 35.2 Å². The fraction of sp³-hybridized carbons (Fsp3) is 0.200. The number of aromatic carboxylic acids is 1. The van der Waals surface area contributed by atoms with Gasteiger partial charge in [-0.15, -0.1) is 11.3 Å². The molecule has 16 heavy (non-hydrogen) atoms. The standard InChI is InChI=1S/C10H9BrN2O2S/c11-7-5-8(10(14)15)13(6-7)3-1-9-12-2-4-16-9/h2,4-6H,1,3H2,(H,14,15). The van der Waals surface area contributed by atoms with E-state index in [2.05, 4.69) is 20.9 Å². The molecule has 0 bridgehead atoms. The van der Waals surface area contributed by atoms with Crippen LogP contribution in [0.1, 0.15) is 15.5 Å². The van der Waals surface area contributed by atoms with Gasteiger partial charge in [0.15, 0.2) is 0 Å². The molecule has 0 aromatic carbocycles. The van der Waals surface area contributed by atoms with Crippen LogP contribution in [0.25, 0.3) is 0 Å². The second kappa shape index (κ2) is 4.80. The van der Waals surface area contributed by atoms with Crippen LogP contribution in [0.4, 0.5) is 0 Å². The first-order chi connectivity index (χ1) is 7.66. The lowest BCUT2D eigenvalue weighted by Gasteiger charge is -2.03. The lowest BCUT2D eigenvalue weighted by Crippen LogP contribution is -2.09. The number of aromatic nitrogens is 2. The molecule has 2 aromatic rings. The third-order valence-corrected chi connectivity index (χ3v) is 3.41. The quantitative estimate of drug-likeness (QED) is 0.944. The van der Waals surface area contributed by atoms with Crippen LogP contribution < -0.4 is 0 Å². The van der Waals surface area contributed by atoms with Gasteiger partial charge < -0.3 is 9.67 Å². The largest absolute Gasteiger partial charge is 0.477 e. The van der Waals surface area contributed by atoms with Gasteiger partial charge in [0.1, 0.15) is 5.69 Å². The Morgan fingerprint density at radius 1 is 1.62 bits per heavy atom. The maximum absolute atomic E-state index is 10.9. The van der Waals surface area contributed by atoms with Crippen LogP contribution in [0.5, 0.6) is 0 Å². The predicted molar refractivity (Wildman–Crippen MR) is 64.9 cm³/mol. The molecule has 0 aliphatic carbocycles. The zero-order valence-electron chi connectivity index (χ0n) is 8.26. The van der Waals surface area contributed by atoms with E-state index >= 15 is 0 Å². The molecule has 0 unspecified atom stereocenters. The van der Waals surface area contributed by atoms with Crippen molar-refractivity contribution in [2.24, 2.45) is 0 Å². The average molecular weight is 301 g/mol. The molecule has 6 heteroatoms. The third kappa shape index (κ3) is 2.51. The minimum absolute atomic E-state index is 0.295. The van der Waals surface area contributed by atoms with Gasteiger partial charge in [-0.1, -0.05) is 0 Å². The molecule has 0 radical (unpaired) electrons. The van der Waals surface area contributed by atoms with Crippen molar-refractivity contribution in [3.63, 3.8) is 0 Å². The van der Waals surface area contributed by atoms with Crippen molar-refractivity contribution in [3.05, 3.63) is 39.0 Å². The van der Waals surface area contributed by atoms with Crippen LogP contribution in [-0.2, 0) is 13.0 Å². The molecule has 1 N–H and O–H groups in total. The maximum Gasteiger partial charge on any atom is 0.352 e. The van der Waals surface area contributed by atoms with Gasteiger partial charge in [0.2, 0.25) is 0 Å². The van der Waals surface area contributed by atoms with Gasteiger partial charge in [-0.3, -0.25) is 0 Å². The smallest absolute Gasteiger partial charge is 0.352 e. The summed E-state index contributed by atoms with van der Waals surface area (Å²) >= 11 is 4.85. The Balaban J connectivity index is 2.12. The van der Waals surface area contributed by atoms with Crippen molar-refractivity contribution < 1.29 is 9.90 Å². The predicted octanol–water partition coefficient (Wildman–Crippen LogP) is 2.65. The zero-order valence-corrected chi connectivity index (χ0v) is 10.7. The summed E-state index contributed by atoms with van der Waals surface area (Å²) < 4.78 is 2.50. The average Bonchev–Trinajstić information content (AvgIpc) is 2.83. The summed E-state index contributed by atoms with van der Waals surface area (Å²) in [6, 6.07) is 1.60. The molecule has 2 aromatic heterocycles. The van der Waals surface area contributed by atoms with Crippen molar-refractivity contribution in [2.75, 3.05) is 0 Å². The topological polar surface area (TPSA) is 55.1 Å². The number of rotatable bonds is 4. The zero-order chi connectivity index (χ0) is 11.5. The number of halogens is 1. The molecule has 0 amide bonds. The summed E-state index contributed by atoms with van der Waals surface area (Å²) in [6.45, 7) is 0.626. The Morgan fingerprint density at radius 3 is 3.06 bits per heavy atom. The van der Waals surface area contributed by atoms with Crippen molar-refractivity contribution in [1.29, 1.82) is 0 Å². The number of carbonyl (C=O) groups is 1. The number of hydrogen-bond acceptors (Lipinski definition) is 3. The number of thiazole rings is 1. The van der Waals surface area contributed by atoms with Crippen LogP contribution in [0.15, 0.2) is 28.3 Å². The summed E-state index contributed by atoms with van der Waals surface area (Å²) in [5, 5.41) is 11.9. The van der Waals surface area contributed by atoms with Gasteiger partial charge in [-0.25, -0.2) is 9.78 Å². The minimum atomic E-state index is -0.912. The minimum Gasteiger partial charge on any atom is -0.477 e. The molecule has 0 aliphatic heterocycles. The van der Waals surface area contributed by atoms with Crippen LogP contribution in [0.2, 0.25) is 0 Å². The number of aryl methyl sites for hydroxylation is 2. The van der Waals surface area contributed by atoms with Gasteiger partial charge in [-0.05, 0) is 22.0 Å². The lowest BCUT2D eigenvalue weighted by atomic mass is 10.4. The highest BCUT2D eigenvalue weighted by atomic mass is 79.9. The molecule has 4 nitrogen and oxygen atoms in total. The summed E-state index contributed by atoms with van der Waals surface area (Å²) in [6.07, 6.45) is 4.28. The first-order valence-corrected chi connectivity index (χ1v) is 6.31. The molecule has 0 atom stereocenters. The molecule has 2 rings (SSSR count). The van der Waals surface area contributed by atoms with E-state index in [0.29, 0.717) is 12.2 Å². The van der Waals surface area contributed by atoms with E-state index in [9.17, 15) is 4.79 Å². The Kier molecular flexibility index (Phi) is 3.40. The van der Waals surface area contributed by atoms with Gasteiger partial charge in [-0.2, -0.15) is 0 Å². The van der Waals surface area contributed by atoms with Gasteiger partial charge in [0.05, 0.1) is 5.01 Å². The highest BCUT2D eigenvalue weighted by Crippen LogP contribution is 2.16. The highest BCUT2D eigenvalue weighted by molar-refractivity contribution is 9.10. The maximum atomic E-state index is 10.9. The fourth-order valence-electron chi connectivity index (χ4n) is 1.43. The molecular weight excluding hydrogens is 292 g/mol. The first-order valence-electron chi connectivity index (χ1n) is 4.64. The summed E-state index contributed by atoms with van der Waals surface area (Å²) in [4.78, 5) is 15.1. The van der Waals surface area contributed by atoms with Crippen LogP contribution >= 0.6 is 27.3 Å². The summed E-state index contributed by atoms with van der Waals surface area (Å²) in [7, 11) is 0. The number of nitrogens with zero attached hydrogens (tertiary/aromatic N) is 2. The molecule has 0 spiro atoms. The van der Waals surface area contributed by atoms with E-state index in [4.69, 9.17) is 5.11 Å². The van der Waals surface area contributed by atoms with Gasteiger partial charge >= 0.3 is 5.97 Å². The van der Waals surface area contributed by atoms with E-state index < -0.39 is 5.97 Å². The van der Waals surface area contributed by atoms with E-state index in [-0.39, 0.29) is 0 Å². The van der Waals surface area contributed by atoms with E-state index in [0.717, 1.165) is 15.9 Å². The van der Waals surface area contributed by atoms with Crippen LogP contribution in [0.3, 0.4) is 0 Å². The van der Waals surface area contributed by atoms with Crippen molar-refractivity contribution in [3.8, 4) is 0 Å². The van der Waals surface area contributed by atoms with Crippen molar-refractivity contribution >= 4 is 33.2 Å². The lowest BCUT2D eigenvalue weighted by molar-refractivity contribution is 0.0685. The SMILES string of the molecule is O=C(O)c1cc(Br)cn1CCc1nccs1. The molecule has 0 aliphatic rings. The summed E-state index contributed by atoms with van der Waals surface area (Å²) in [5.41, 5.74) is 0.295. The molecule has 2 heterocycles. The summed E-state index contributed by atoms with van der Waals surface area (Å²) in [5.74, 6) is -0.912. The van der Waals surface area contributed by atoms with Crippen molar-refractivity contribution in [1.82, 2.24) is 9.55 Å². The second-order valence-electron chi connectivity index (χ2n) is 3.22. The molecule has 0 saturated carbocycles. The Bertz CT molecular complexity index is 493. The van der Waals surface area contributed by atoms with E-state index in [1.807, 2.05) is 5.38 Å². The number of hydrogen-bond donors (Lipinski definition) is 1. The number of carboxylic acid groups (broad SMARTS) is 1. The molecule has 0 fully saturated rings. The molecular formula is C10H9BrN2O2S. The van der Waals surface area contributed by atoms with Gasteiger partial charge in [0.25, 0.3) is 0 Å². The highest BCUT2D eigenvalue weighted by Gasteiger charge is 2.11. The third-order valence-electron chi connectivity index (χ3n) is 2.13. The second-order valence-corrected chi connectivity index (χ2v) is 5.11. The van der Waals surface area contributed by atoms with Crippen molar-refractivity contribution in [2.45, 2.75) is 13.0 Å². The Labute approximate surface area is 105 Å². The van der Waals surface area contributed by atoms with E-state index in [1.54, 1.807) is 34.4 Å². The fourth-order valence-corrected chi connectivity index (χ4v) is 2.50. The number of carboxylic acids is 1.